The van der Waals surface area contributed by atoms with Gasteiger partial charge >= 0.3 is 5.51 Å². The molecule has 0 radical (unpaired) electrons. The molecule has 0 amide bonds. The minimum atomic E-state index is -4.23. The van der Waals surface area contributed by atoms with Crippen LogP contribution in [0.5, 0.6) is 0 Å². The topological polar surface area (TPSA) is 26.0 Å². The van der Waals surface area contributed by atoms with Crippen molar-refractivity contribution in [3.05, 3.63) is 29.8 Å². The van der Waals surface area contributed by atoms with Crippen LogP contribution in [-0.2, 0) is 0 Å². The molecule has 0 bridgehead atoms. The summed E-state index contributed by atoms with van der Waals surface area (Å²) in [6, 6.07) is 6.16. The van der Waals surface area contributed by atoms with Gasteiger partial charge in [-0.3, -0.25) is 0 Å². The van der Waals surface area contributed by atoms with Crippen LogP contribution < -0.4 is 5.73 Å². The zero-order valence-electron chi connectivity index (χ0n) is 10.2. The number of hydrogen-bond acceptors (Lipinski definition) is 2. The van der Waals surface area contributed by atoms with E-state index >= 15 is 0 Å². The van der Waals surface area contributed by atoms with E-state index in [9.17, 15) is 13.2 Å². The number of alkyl halides is 3. The fourth-order valence-corrected chi connectivity index (χ4v) is 2.10. The molecule has 1 aromatic rings. The molecule has 1 rings (SSSR count). The number of halogens is 4. The van der Waals surface area contributed by atoms with E-state index in [0.717, 1.165) is 12.0 Å². The second kappa shape index (κ2) is 7.26. The average molecular weight is 300 g/mol. The zero-order chi connectivity index (χ0) is 13.1. The molecule has 18 heavy (non-hydrogen) atoms. The Morgan fingerprint density at radius 3 is 2.06 bits per heavy atom. The van der Waals surface area contributed by atoms with Gasteiger partial charge < -0.3 is 5.73 Å². The van der Waals surface area contributed by atoms with Crippen molar-refractivity contribution in [2.45, 2.75) is 36.7 Å². The van der Waals surface area contributed by atoms with Crippen LogP contribution in [0, 0.1) is 5.92 Å². The molecule has 0 saturated heterocycles. The molecule has 1 nitrogen and oxygen atoms in total. The Balaban J connectivity index is 0.00000289. The molecule has 0 aliphatic carbocycles. The normalized spacial score (nSPS) is 13.3. The molecule has 0 spiro atoms. The van der Waals surface area contributed by atoms with Crippen molar-refractivity contribution in [1.29, 1.82) is 0 Å². The van der Waals surface area contributed by atoms with Crippen molar-refractivity contribution in [1.82, 2.24) is 0 Å². The van der Waals surface area contributed by atoms with Crippen molar-refractivity contribution < 1.29 is 13.2 Å². The molecule has 0 aliphatic heterocycles. The van der Waals surface area contributed by atoms with Gasteiger partial charge in [-0.15, -0.1) is 12.4 Å². The average Bonchev–Trinajstić information content (AvgIpc) is 2.15. The molecule has 6 heteroatoms. The number of benzene rings is 1. The van der Waals surface area contributed by atoms with Crippen LogP contribution in [-0.4, -0.2) is 5.51 Å². The van der Waals surface area contributed by atoms with Gasteiger partial charge in [0.25, 0.3) is 0 Å². The van der Waals surface area contributed by atoms with Crippen molar-refractivity contribution in [3.63, 3.8) is 0 Å². The summed E-state index contributed by atoms with van der Waals surface area (Å²) in [5, 5.41) is 0. The van der Waals surface area contributed by atoms with E-state index in [4.69, 9.17) is 5.73 Å². The Morgan fingerprint density at radius 1 is 1.17 bits per heavy atom. The van der Waals surface area contributed by atoms with Gasteiger partial charge in [0.2, 0.25) is 0 Å². The van der Waals surface area contributed by atoms with E-state index in [1.165, 1.54) is 12.1 Å². The van der Waals surface area contributed by atoms with Crippen molar-refractivity contribution >= 4 is 24.2 Å². The molecule has 1 aromatic carbocycles. The highest BCUT2D eigenvalue weighted by molar-refractivity contribution is 8.00. The van der Waals surface area contributed by atoms with Crippen LogP contribution in [0.25, 0.3) is 0 Å². The van der Waals surface area contributed by atoms with E-state index in [0.29, 0.717) is 5.92 Å². The number of hydrogen-bond donors (Lipinski definition) is 1. The third-order valence-corrected chi connectivity index (χ3v) is 3.01. The number of rotatable bonds is 4. The minimum Gasteiger partial charge on any atom is -0.324 e. The van der Waals surface area contributed by atoms with E-state index in [2.05, 4.69) is 13.8 Å². The molecule has 0 unspecified atom stereocenters. The molecular formula is C12H17ClF3NS. The maximum atomic E-state index is 12.1. The number of nitrogens with two attached hydrogens (primary N) is 1. The van der Waals surface area contributed by atoms with Crippen molar-refractivity contribution in [3.8, 4) is 0 Å². The van der Waals surface area contributed by atoms with Crippen LogP contribution >= 0.6 is 24.2 Å². The second-order valence-electron chi connectivity index (χ2n) is 4.35. The third-order valence-electron chi connectivity index (χ3n) is 2.27. The first-order chi connectivity index (χ1) is 7.78. The van der Waals surface area contributed by atoms with Gasteiger partial charge in [-0.1, -0.05) is 26.0 Å². The SMILES string of the molecule is CC(C)C[C@H](N)c1ccc(SC(F)(F)F)cc1.Cl. The first-order valence-corrected chi connectivity index (χ1v) is 6.21. The summed E-state index contributed by atoms with van der Waals surface area (Å²) in [4.78, 5) is 0.193. The smallest absolute Gasteiger partial charge is 0.324 e. The summed E-state index contributed by atoms with van der Waals surface area (Å²) in [6.45, 7) is 4.13. The predicted octanol–water partition coefficient (Wildman–Crippen LogP) is 4.77. The van der Waals surface area contributed by atoms with Crippen LogP contribution in [0.1, 0.15) is 31.9 Å². The molecule has 104 valence electrons. The summed E-state index contributed by atoms with van der Waals surface area (Å²) >= 11 is -0.106. The lowest BCUT2D eigenvalue weighted by molar-refractivity contribution is -0.0328. The van der Waals surface area contributed by atoms with Gasteiger partial charge in [0.05, 0.1) is 0 Å². The minimum absolute atomic E-state index is 0. The summed E-state index contributed by atoms with van der Waals surface area (Å²) in [5.41, 5.74) is 2.59. The van der Waals surface area contributed by atoms with Crippen LogP contribution in [0.4, 0.5) is 13.2 Å². The first kappa shape index (κ1) is 17.6. The van der Waals surface area contributed by atoms with Gasteiger partial charge in [-0.2, -0.15) is 13.2 Å². The maximum Gasteiger partial charge on any atom is 0.446 e. The van der Waals surface area contributed by atoms with Crippen LogP contribution in [0.3, 0.4) is 0 Å². The zero-order valence-corrected chi connectivity index (χ0v) is 11.8. The highest BCUT2D eigenvalue weighted by Gasteiger charge is 2.29. The fraction of sp³-hybridized carbons (Fsp3) is 0.500. The monoisotopic (exact) mass is 299 g/mol. The van der Waals surface area contributed by atoms with Crippen LogP contribution in [0.15, 0.2) is 29.2 Å². The first-order valence-electron chi connectivity index (χ1n) is 5.39. The van der Waals surface area contributed by atoms with Gasteiger partial charge in [0.15, 0.2) is 0 Å². The van der Waals surface area contributed by atoms with Gasteiger partial charge in [0, 0.05) is 10.9 Å². The molecule has 1 atom stereocenters. The summed E-state index contributed by atoms with van der Waals surface area (Å²) in [5.74, 6) is 0.467. The fourth-order valence-electron chi connectivity index (χ4n) is 1.56. The maximum absolute atomic E-state index is 12.1. The standard InChI is InChI=1S/C12H16F3NS.ClH/c1-8(2)7-11(16)9-3-5-10(6-4-9)17-12(13,14)15;/h3-6,8,11H,7,16H2,1-2H3;1H/t11-;/m0./s1. The Labute approximate surface area is 116 Å². The van der Waals surface area contributed by atoms with Crippen molar-refractivity contribution in [2.75, 3.05) is 0 Å². The van der Waals surface area contributed by atoms with Gasteiger partial charge in [0.1, 0.15) is 0 Å². The largest absolute Gasteiger partial charge is 0.446 e. The molecule has 0 aliphatic rings. The Morgan fingerprint density at radius 2 is 1.67 bits per heavy atom. The Hall–Kier alpha value is -0.390. The molecular weight excluding hydrogens is 283 g/mol. The Bertz CT molecular complexity index is 351. The molecule has 0 heterocycles. The number of thioether (sulfide) groups is 1. The van der Waals surface area contributed by atoms with Crippen molar-refractivity contribution in [2.24, 2.45) is 11.7 Å². The molecule has 0 aromatic heterocycles. The highest BCUT2D eigenvalue weighted by Crippen LogP contribution is 2.37. The highest BCUT2D eigenvalue weighted by atomic mass is 35.5. The predicted molar refractivity (Wildman–Crippen MR) is 72.0 cm³/mol. The molecule has 0 saturated carbocycles. The van der Waals surface area contributed by atoms with Crippen LogP contribution in [0.2, 0.25) is 0 Å². The van der Waals surface area contributed by atoms with Gasteiger partial charge in [-0.05, 0) is 41.8 Å². The lowest BCUT2D eigenvalue weighted by Crippen LogP contribution is -2.12. The lowest BCUT2D eigenvalue weighted by Gasteiger charge is -2.15. The quantitative estimate of drug-likeness (QED) is 0.811. The van der Waals surface area contributed by atoms with Gasteiger partial charge in [-0.25, -0.2) is 0 Å². The second-order valence-corrected chi connectivity index (χ2v) is 5.49. The Kier molecular flexibility index (Phi) is 7.10. The summed E-state index contributed by atoms with van der Waals surface area (Å²) in [6.07, 6.45) is 0.825. The van der Waals surface area contributed by atoms with E-state index < -0.39 is 5.51 Å². The molecule has 2 N–H and O–H groups in total. The summed E-state index contributed by atoms with van der Waals surface area (Å²) < 4.78 is 36.3. The summed E-state index contributed by atoms with van der Waals surface area (Å²) in [7, 11) is 0. The molecule has 0 fully saturated rings. The van der Waals surface area contributed by atoms with E-state index in [1.54, 1.807) is 12.1 Å². The third kappa shape index (κ3) is 6.52. The van der Waals surface area contributed by atoms with E-state index in [1.807, 2.05) is 0 Å². The van der Waals surface area contributed by atoms with E-state index in [-0.39, 0.29) is 35.1 Å². The lowest BCUT2D eigenvalue weighted by atomic mass is 9.98.